The normalized spacial score (nSPS) is 12.2. The Morgan fingerprint density at radius 3 is 2.30 bits per heavy atom. The molecule has 0 saturated heterocycles. The number of carbonyl (C=O) groups excluding carboxylic acids is 1. The van der Waals surface area contributed by atoms with E-state index in [4.69, 9.17) is 4.74 Å². The number of benzene rings is 3. The second-order valence-electron chi connectivity index (χ2n) is 7.48. The highest BCUT2D eigenvalue weighted by molar-refractivity contribution is 9.10. The highest BCUT2D eigenvalue weighted by atomic mass is 79.9. The van der Waals surface area contributed by atoms with Crippen LogP contribution in [0.25, 0.3) is 0 Å². The summed E-state index contributed by atoms with van der Waals surface area (Å²) in [7, 11) is -2.59. The summed E-state index contributed by atoms with van der Waals surface area (Å²) < 4.78 is 47.0. The number of nitrogens with zero attached hydrogens (tertiary/aromatic N) is 1. The van der Waals surface area contributed by atoms with Crippen LogP contribution in [0.1, 0.15) is 24.1 Å². The van der Waals surface area contributed by atoms with E-state index >= 15 is 0 Å². The molecule has 0 aliphatic carbocycles. The minimum atomic E-state index is -4.08. The molecule has 0 aliphatic heterocycles. The van der Waals surface area contributed by atoms with Crippen LogP contribution in [0.3, 0.4) is 0 Å². The number of hydrogen-bond donors (Lipinski definition) is 1. The molecule has 0 fully saturated rings. The fraction of sp³-hybridized carbons (Fsp3) is 0.208. The third-order valence-corrected chi connectivity index (χ3v) is 7.46. The fourth-order valence-corrected chi connectivity index (χ4v) is 5.35. The number of amides is 1. The number of ether oxygens (including phenoxy) is 1. The number of methoxy groups -OCH3 is 1. The van der Waals surface area contributed by atoms with Crippen molar-refractivity contribution in [2.24, 2.45) is 0 Å². The molecule has 3 aromatic rings. The van der Waals surface area contributed by atoms with Crippen LogP contribution in [0.4, 0.5) is 10.1 Å². The summed E-state index contributed by atoms with van der Waals surface area (Å²) in [5, 5.41) is 2.78. The molecule has 1 amide bonds. The minimum absolute atomic E-state index is 0.00938. The average Bonchev–Trinajstić information content (AvgIpc) is 2.78. The molecule has 0 aromatic heterocycles. The third kappa shape index (κ3) is 5.91. The van der Waals surface area contributed by atoms with E-state index in [0.29, 0.717) is 21.5 Å². The summed E-state index contributed by atoms with van der Waals surface area (Å²) in [5.41, 5.74) is 2.02. The van der Waals surface area contributed by atoms with Gasteiger partial charge in [0.25, 0.3) is 10.0 Å². The van der Waals surface area contributed by atoms with Crippen LogP contribution < -0.4 is 14.4 Å². The van der Waals surface area contributed by atoms with Crippen molar-refractivity contribution < 1.29 is 22.3 Å². The highest BCUT2D eigenvalue weighted by Crippen LogP contribution is 2.31. The Balaban J connectivity index is 1.91. The van der Waals surface area contributed by atoms with Gasteiger partial charge in [-0.05, 0) is 77.8 Å². The summed E-state index contributed by atoms with van der Waals surface area (Å²) in [6.45, 7) is 3.21. The SMILES string of the molecule is COc1ccc(S(=O)(=O)N(CC(=O)N[C@H](C)c2ccc(F)cc2)c2ccc(C)cc2)cc1Br. The largest absolute Gasteiger partial charge is 0.496 e. The van der Waals surface area contributed by atoms with Crippen molar-refractivity contribution >= 4 is 37.5 Å². The molecule has 0 spiro atoms. The Bertz CT molecular complexity index is 1230. The highest BCUT2D eigenvalue weighted by Gasteiger charge is 2.28. The fourth-order valence-electron chi connectivity index (χ4n) is 3.21. The lowest BCUT2D eigenvalue weighted by Gasteiger charge is -2.25. The molecule has 0 radical (unpaired) electrons. The summed E-state index contributed by atoms with van der Waals surface area (Å²) in [6, 6.07) is 16.6. The number of aryl methyl sites for hydroxylation is 1. The van der Waals surface area contributed by atoms with Crippen LogP contribution in [-0.4, -0.2) is 28.0 Å². The molecule has 3 aromatic carbocycles. The zero-order valence-corrected chi connectivity index (χ0v) is 20.8. The van der Waals surface area contributed by atoms with Crippen LogP contribution in [0.5, 0.6) is 5.75 Å². The molecule has 0 heterocycles. The van der Waals surface area contributed by atoms with Gasteiger partial charge in [0, 0.05) is 0 Å². The molecule has 0 saturated carbocycles. The summed E-state index contributed by atoms with van der Waals surface area (Å²) in [4.78, 5) is 12.9. The lowest BCUT2D eigenvalue weighted by atomic mass is 10.1. The molecule has 0 unspecified atom stereocenters. The number of anilines is 1. The summed E-state index contributed by atoms with van der Waals surface area (Å²) in [5.74, 6) is -0.384. The van der Waals surface area contributed by atoms with Crippen molar-refractivity contribution in [2.45, 2.75) is 24.8 Å². The zero-order chi connectivity index (χ0) is 24.2. The van der Waals surface area contributed by atoms with Crippen molar-refractivity contribution in [3.05, 3.63) is 88.1 Å². The molecular weight excluding hydrogens is 511 g/mol. The first-order valence-corrected chi connectivity index (χ1v) is 12.3. The van der Waals surface area contributed by atoms with Crippen molar-refractivity contribution in [1.29, 1.82) is 0 Å². The van der Waals surface area contributed by atoms with Gasteiger partial charge < -0.3 is 10.1 Å². The predicted molar refractivity (Wildman–Crippen MR) is 129 cm³/mol. The van der Waals surface area contributed by atoms with Crippen molar-refractivity contribution in [3.63, 3.8) is 0 Å². The standard InChI is InChI=1S/C24H24BrFN2O4S/c1-16-4-10-20(11-5-16)28(33(30,31)21-12-13-23(32-3)22(25)14-21)15-24(29)27-17(2)18-6-8-19(26)9-7-18/h4-14,17H,15H2,1-3H3,(H,27,29)/t17-/m1/s1. The quantitative estimate of drug-likeness (QED) is 0.442. The number of hydrogen-bond acceptors (Lipinski definition) is 4. The van der Waals surface area contributed by atoms with Crippen LogP contribution >= 0.6 is 15.9 Å². The van der Waals surface area contributed by atoms with E-state index in [1.54, 1.807) is 49.4 Å². The van der Waals surface area contributed by atoms with Crippen LogP contribution in [0.15, 0.2) is 76.1 Å². The smallest absolute Gasteiger partial charge is 0.264 e. The maximum Gasteiger partial charge on any atom is 0.264 e. The molecule has 33 heavy (non-hydrogen) atoms. The van der Waals surface area contributed by atoms with Gasteiger partial charge in [-0.15, -0.1) is 0 Å². The van der Waals surface area contributed by atoms with E-state index in [2.05, 4.69) is 21.2 Å². The first-order valence-electron chi connectivity index (χ1n) is 10.1. The van der Waals surface area contributed by atoms with E-state index in [9.17, 15) is 17.6 Å². The summed E-state index contributed by atoms with van der Waals surface area (Å²) in [6.07, 6.45) is 0. The number of carbonyl (C=O) groups is 1. The van der Waals surface area contributed by atoms with Crippen LogP contribution in [0.2, 0.25) is 0 Å². The zero-order valence-electron chi connectivity index (χ0n) is 18.4. The maximum absolute atomic E-state index is 13.5. The minimum Gasteiger partial charge on any atom is -0.496 e. The van der Waals surface area contributed by atoms with E-state index in [0.717, 1.165) is 9.87 Å². The maximum atomic E-state index is 13.5. The number of nitrogens with one attached hydrogen (secondary N) is 1. The average molecular weight is 535 g/mol. The molecule has 0 aliphatic rings. The molecule has 6 nitrogen and oxygen atoms in total. The van der Waals surface area contributed by atoms with Gasteiger partial charge in [0.05, 0.1) is 28.2 Å². The first kappa shape index (κ1) is 24.7. The predicted octanol–water partition coefficient (Wildman–Crippen LogP) is 4.98. The van der Waals surface area contributed by atoms with Gasteiger partial charge in [-0.2, -0.15) is 0 Å². The monoisotopic (exact) mass is 534 g/mol. The first-order chi connectivity index (χ1) is 15.6. The van der Waals surface area contributed by atoms with E-state index in [1.165, 1.54) is 31.4 Å². The van der Waals surface area contributed by atoms with Gasteiger partial charge in [-0.3, -0.25) is 9.10 Å². The second-order valence-corrected chi connectivity index (χ2v) is 10.2. The third-order valence-electron chi connectivity index (χ3n) is 5.07. The molecule has 1 atom stereocenters. The Morgan fingerprint density at radius 2 is 1.73 bits per heavy atom. The van der Waals surface area contributed by atoms with E-state index in [1.807, 2.05) is 6.92 Å². The molecular formula is C24H24BrFN2O4S. The van der Waals surface area contributed by atoms with Gasteiger partial charge >= 0.3 is 0 Å². The Kier molecular flexibility index (Phi) is 7.76. The second kappa shape index (κ2) is 10.4. The van der Waals surface area contributed by atoms with Crippen molar-refractivity contribution in [3.8, 4) is 5.75 Å². The number of rotatable bonds is 8. The Hall–Kier alpha value is -2.91. The molecule has 174 valence electrons. The summed E-state index contributed by atoms with van der Waals surface area (Å²) >= 11 is 3.32. The van der Waals surface area contributed by atoms with E-state index < -0.39 is 28.5 Å². The lowest BCUT2D eigenvalue weighted by molar-refractivity contribution is -0.120. The van der Waals surface area contributed by atoms with E-state index in [-0.39, 0.29) is 10.7 Å². The van der Waals surface area contributed by atoms with Gasteiger partial charge in [0.2, 0.25) is 5.91 Å². The van der Waals surface area contributed by atoms with Crippen molar-refractivity contribution in [2.75, 3.05) is 18.0 Å². The molecule has 0 bridgehead atoms. The Morgan fingerprint density at radius 1 is 1.09 bits per heavy atom. The Labute approximate surface area is 201 Å². The topological polar surface area (TPSA) is 75.7 Å². The number of halogens is 2. The van der Waals surface area contributed by atoms with Gasteiger partial charge in [0.15, 0.2) is 0 Å². The van der Waals surface area contributed by atoms with Gasteiger partial charge in [-0.25, -0.2) is 12.8 Å². The van der Waals surface area contributed by atoms with Gasteiger partial charge in [-0.1, -0.05) is 29.8 Å². The molecule has 1 N–H and O–H groups in total. The lowest BCUT2D eigenvalue weighted by Crippen LogP contribution is -2.41. The van der Waals surface area contributed by atoms with Gasteiger partial charge in [0.1, 0.15) is 18.1 Å². The van der Waals surface area contributed by atoms with Crippen LogP contribution in [-0.2, 0) is 14.8 Å². The number of sulfonamides is 1. The molecule has 9 heteroatoms. The van der Waals surface area contributed by atoms with Crippen molar-refractivity contribution in [1.82, 2.24) is 5.32 Å². The van der Waals surface area contributed by atoms with Crippen LogP contribution in [0, 0.1) is 12.7 Å². The molecule has 3 rings (SSSR count).